The van der Waals surface area contributed by atoms with Crippen molar-refractivity contribution in [1.29, 1.82) is 4.78 Å². The molecule has 0 aliphatic rings. The van der Waals surface area contributed by atoms with Gasteiger partial charge in [-0.05, 0) is 18.1 Å². The topological polar surface area (TPSA) is 49.9 Å². The average Bonchev–Trinajstić information content (AvgIpc) is 1.38. The second-order valence-electron chi connectivity index (χ2n) is 0.713. The fourth-order valence-corrected chi connectivity index (χ4v) is 0. The first-order chi connectivity index (χ1) is 2.27. The highest BCUT2D eigenvalue weighted by molar-refractivity contribution is 7.67. The molecule has 0 heterocycles. The van der Waals surface area contributed by atoms with Gasteiger partial charge >= 0.3 is 0 Å². The lowest BCUT2D eigenvalue weighted by Crippen LogP contribution is -2.02. The van der Waals surface area contributed by atoms with Gasteiger partial charge in [-0.15, -0.1) is 0 Å². The zero-order valence-electron chi connectivity index (χ0n) is 2.99. The lowest BCUT2D eigenvalue weighted by Gasteiger charge is -1.67. The fourth-order valence-electron chi connectivity index (χ4n) is 0. The Balaban J connectivity index is 3.60. The number of rotatable bonds is 0. The molecular formula is C2H6N2S. The van der Waals surface area contributed by atoms with Crippen LogP contribution in [0.5, 0.6) is 0 Å². The summed E-state index contributed by atoms with van der Waals surface area (Å²) in [5.74, 6) is 0. The normalized spacial score (nSPS) is 6.80. The van der Waals surface area contributed by atoms with Crippen LogP contribution in [0.25, 0.3) is 0 Å². The lowest BCUT2D eigenvalue weighted by molar-refractivity contribution is 1.65. The second-order valence-corrected chi connectivity index (χ2v) is 1.56. The molecule has 0 aromatic rings. The van der Waals surface area contributed by atoms with E-state index in [0.29, 0.717) is 4.99 Å². The fraction of sp³-hybridized carbons (Fsp3) is 0.500. The van der Waals surface area contributed by atoms with Gasteiger partial charge in [-0.1, -0.05) is 0 Å². The molecule has 0 amide bonds. The van der Waals surface area contributed by atoms with Crippen LogP contribution >= 0.6 is 0 Å². The third kappa shape index (κ3) is 3.85. The van der Waals surface area contributed by atoms with Crippen LogP contribution in [-0.2, 0) is 11.1 Å². The van der Waals surface area contributed by atoms with Crippen LogP contribution in [0.2, 0.25) is 0 Å². The first kappa shape index (κ1) is 4.85. The number of hydrogen-bond donors (Lipinski definition) is 2. The highest BCUT2D eigenvalue weighted by Crippen LogP contribution is 1.41. The predicted octanol–water partition coefficient (Wildman–Crippen LogP) is -0.0601. The standard InChI is InChI=1S/C2H6N2S/c1-2(3)5-4/h4H,3H2,1H3. The Bertz CT molecular complexity index is 67.7. The molecule has 0 atom stereocenters. The Morgan fingerprint density at radius 2 is 2.20 bits per heavy atom. The molecule has 0 bridgehead atoms. The van der Waals surface area contributed by atoms with E-state index in [1.807, 2.05) is 0 Å². The minimum Gasteiger partial charge on any atom is -0.297 e. The molecule has 3 heteroatoms. The maximum atomic E-state index is 6.41. The van der Waals surface area contributed by atoms with Gasteiger partial charge in [0.15, 0.2) is 0 Å². The summed E-state index contributed by atoms with van der Waals surface area (Å²) in [6, 6.07) is 0. The van der Waals surface area contributed by atoms with Crippen molar-refractivity contribution in [2.24, 2.45) is 5.73 Å². The smallest absolute Gasteiger partial charge is 0.0578 e. The summed E-state index contributed by atoms with van der Waals surface area (Å²) in [4.78, 5) is 0.588. The Morgan fingerprint density at radius 3 is 2.20 bits per heavy atom. The van der Waals surface area contributed by atoms with Crippen LogP contribution in [-0.4, -0.2) is 4.99 Å². The quantitative estimate of drug-likeness (QED) is 0.402. The van der Waals surface area contributed by atoms with E-state index in [-0.39, 0.29) is 0 Å². The molecule has 0 radical (unpaired) electrons. The van der Waals surface area contributed by atoms with Gasteiger partial charge in [0.25, 0.3) is 0 Å². The van der Waals surface area contributed by atoms with Crippen LogP contribution in [0, 0.1) is 4.78 Å². The number of hydrogen-bond acceptors (Lipinski definition) is 1. The molecule has 0 rings (SSSR count). The average molecular weight is 90.2 g/mol. The van der Waals surface area contributed by atoms with Gasteiger partial charge in [-0.2, -0.15) is 0 Å². The van der Waals surface area contributed by atoms with E-state index in [0.717, 1.165) is 11.1 Å². The molecule has 0 spiro atoms. The largest absolute Gasteiger partial charge is 0.297 e. The highest BCUT2D eigenvalue weighted by atomic mass is 32.1. The monoisotopic (exact) mass is 90.0 g/mol. The molecule has 30 valence electrons. The van der Waals surface area contributed by atoms with Gasteiger partial charge in [0.2, 0.25) is 0 Å². The van der Waals surface area contributed by atoms with E-state index in [1.54, 1.807) is 6.92 Å². The first-order valence-electron chi connectivity index (χ1n) is 1.20. The minimum atomic E-state index is 0.588. The van der Waals surface area contributed by atoms with Crippen molar-refractivity contribution in [2.45, 2.75) is 6.92 Å². The Kier molecular flexibility index (Phi) is 2.05. The third-order valence-corrected chi connectivity index (χ3v) is 0.483. The zero-order valence-corrected chi connectivity index (χ0v) is 3.80. The SMILES string of the molecule is CC(N)=S=N. The summed E-state index contributed by atoms with van der Waals surface area (Å²) in [6.45, 7) is 1.69. The van der Waals surface area contributed by atoms with Crippen LogP contribution in [0.4, 0.5) is 0 Å². The lowest BCUT2D eigenvalue weighted by atomic mass is 10.8. The molecule has 0 fully saturated rings. The molecule has 0 aliphatic heterocycles. The molecule has 5 heavy (non-hydrogen) atoms. The van der Waals surface area contributed by atoms with Crippen molar-refractivity contribution in [1.82, 2.24) is 0 Å². The van der Waals surface area contributed by atoms with Crippen molar-refractivity contribution < 1.29 is 0 Å². The Labute approximate surface area is 34.5 Å². The second kappa shape index (κ2) is 2.11. The van der Waals surface area contributed by atoms with E-state index < -0.39 is 0 Å². The summed E-state index contributed by atoms with van der Waals surface area (Å²) in [7, 11) is 0. The number of nitrogens with two attached hydrogens (primary N) is 1. The van der Waals surface area contributed by atoms with Gasteiger partial charge in [0.1, 0.15) is 0 Å². The van der Waals surface area contributed by atoms with Gasteiger partial charge in [0.05, 0.1) is 4.99 Å². The van der Waals surface area contributed by atoms with E-state index in [1.165, 1.54) is 0 Å². The molecule has 3 N–H and O–H groups in total. The predicted molar refractivity (Wildman–Crippen MR) is 25.0 cm³/mol. The summed E-state index contributed by atoms with van der Waals surface area (Å²) >= 11 is 0.824. The van der Waals surface area contributed by atoms with Crippen LogP contribution in [0.15, 0.2) is 0 Å². The van der Waals surface area contributed by atoms with Gasteiger partial charge in [0, 0.05) is 0 Å². The molecule has 0 unspecified atom stereocenters. The molecular weight excluding hydrogens is 84.1 g/mol. The summed E-state index contributed by atoms with van der Waals surface area (Å²) in [5, 5.41) is 0. The first-order valence-corrected chi connectivity index (χ1v) is 2.01. The Hall–Kier alpha value is -0.150. The van der Waals surface area contributed by atoms with Crippen molar-refractivity contribution >= 4 is 16.1 Å². The summed E-state index contributed by atoms with van der Waals surface area (Å²) < 4.78 is 6.41. The van der Waals surface area contributed by atoms with Crippen LogP contribution in [0.3, 0.4) is 0 Å². The van der Waals surface area contributed by atoms with Crippen molar-refractivity contribution in [3.05, 3.63) is 0 Å². The molecule has 0 aromatic heterocycles. The Morgan fingerprint density at radius 1 is 2.00 bits per heavy atom. The number of nitrogens with one attached hydrogen (secondary N) is 1. The van der Waals surface area contributed by atoms with E-state index >= 15 is 0 Å². The maximum Gasteiger partial charge on any atom is 0.0578 e. The molecule has 0 aromatic carbocycles. The summed E-state index contributed by atoms with van der Waals surface area (Å²) in [5.41, 5.74) is 4.98. The van der Waals surface area contributed by atoms with Gasteiger partial charge < -0.3 is 0 Å². The molecule has 0 aliphatic carbocycles. The maximum absolute atomic E-state index is 6.41. The highest BCUT2D eigenvalue weighted by Gasteiger charge is 1.59. The third-order valence-electron chi connectivity index (χ3n) is 0.161. The molecule has 0 saturated heterocycles. The summed E-state index contributed by atoms with van der Waals surface area (Å²) in [6.07, 6.45) is 0. The van der Waals surface area contributed by atoms with Crippen LogP contribution < -0.4 is 5.73 Å². The minimum absolute atomic E-state index is 0.588. The van der Waals surface area contributed by atoms with Gasteiger partial charge in [-0.25, -0.2) is 4.78 Å². The van der Waals surface area contributed by atoms with Crippen molar-refractivity contribution in [2.75, 3.05) is 0 Å². The molecule has 2 nitrogen and oxygen atoms in total. The van der Waals surface area contributed by atoms with E-state index in [9.17, 15) is 0 Å². The molecule has 0 saturated carbocycles. The van der Waals surface area contributed by atoms with Crippen molar-refractivity contribution in [3.63, 3.8) is 0 Å². The van der Waals surface area contributed by atoms with Gasteiger partial charge in [-0.3, -0.25) is 5.73 Å². The van der Waals surface area contributed by atoms with Crippen LogP contribution in [0.1, 0.15) is 6.92 Å². The van der Waals surface area contributed by atoms with E-state index in [4.69, 9.17) is 10.5 Å². The van der Waals surface area contributed by atoms with Crippen molar-refractivity contribution in [3.8, 4) is 0 Å². The zero-order chi connectivity index (χ0) is 4.28. The van der Waals surface area contributed by atoms with E-state index in [2.05, 4.69) is 0 Å².